The van der Waals surface area contributed by atoms with Gasteiger partial charge in [-0.2, -0.15) is 18.2 Å². The van der Waals surface area contributed by atoms with Crippen LogP contribution in [0.15, 0.2) is 60.8 Å². The number of benzene rings is 2. The van der Waals surface area contributed by atoms with Gasteiger partial charge in [-0.3, -0.25) is 0 Å². The smallest absolute Gasteiger partial charge is 0.416 e. The van der Waals surface area contributed by atoms with Gasteiger partial charge in [0.05, 0.1) is 12.7 Å². The Morgan fingerprint density at radius 1 is 1.04 bits per heavy atom. The molecule has 8 heteroatoms. The molecule has 0 aliphatic rings. The molecule has 0 amide bonds. The molecule has 3 rings (SSSR count). The Morgan fingerprint density at radius 3 is 2.64 bits per heavy atom. The molecule has 0 bridgehead atoms. The normalized spacial score (nSPS) is 11.1. The van der Waals surface area contributed by atoms with Gasteiger partial charge in [-0.15, -0.1) is 0 Å². The second-order valence-corrected chi connectivity index (χ2v) is 5.96. The molecule has 5 nitrogen and oxygen atoms in total. The van der Waals surface area contributed by atoms with Crippen LogP contribution < -0.4 is 15.4 Å². The largest absolute Gasteiger partial charge is 0.496 e. The van der Waals surface area contributed by atoms with E-state index in [-0.39, 0.29) is 0 Å². The fraction of sp³-hybridized carbons (Fsp3) is 0.200. The first-order valence-corrected chi connectivity index (χ1v) is 8.59. The molecule has 0 atom stereocenters. The van der Waals surface area contributed by atoms with Crippen LogP contribution in [-0.4, -0.2) is 23.6 Å². The van der Waals surface area contributed by atoms with Crippen molar-refractivity contribution in [3.05, 3.63) is 71.9 Å². The second kappa shape index (κ2) is 8.60. The van der Waals surface area contributed by atoms with Crippen molar-refractivity contribution in [2.24, 2.45) is 0 Å². The minimum Gasteiger partial charge on any atom is -0.496 e. The maximum Gasteiger partial charge on any atom is 0.416 e. The van der Waals surface area contributed by atoms with E-state index in [0.717, 1.165) is 23.4 Å². The number of anilines is 3. The lowest BCUT2D eigenvalue weighted by Gasteiger charge is -2.11. The lowest BCUT2D eigenvalue weighted by Crippen LogP contribution is -2.09. The lowest BCUT2D eigenvalue weighted by atomic mass is 10.1. The number of hydrogen-bond donors (Lipinski definition) is 2. The zero-order valence-electron chi connectivity index (χ0n) is 15.1. The Kier molecular flexibility index (Phi) is 5.98. The van der Waals surface area contributed by atoms with Gasteiger partial charge >= 0.3 is 6.18 Å². The molecule has 0 saturated heterocycles. The molecular formula is C20H19F3N4O. The highest BCUT2D eigenvalue weighted by atomic mass is 19.4. The second-order valence-electron chi connectivity index (χ2n) is 5.96. The van der Waals surface area contributed by atoms with Gasteiger partial charge < -0.3 is 15.4 Å². The molecule has 0 fully saturated rings. The third kappa shape index (κ3) is 5.12. The molecule has 0 aliphatic heterocycles. The molecule has 2 N–H and O–H groups in total. The van der Waals surface area contributed by atoms with E-state index >= 15 is 0 Å². The van der Waals surface area contributed by atoms with Gasteiger partial charge in [0, 0.05) is 18.4 Å². The predicted octanol–water partition coefficient (Wildman–Crippen LogP) is 4.90. The van der Waals surface area contributed by atoms with Crippen molar-refractivity contribution in [2.75, 3.05) is 24.3 Å². The van der Waals surface area contributed by atoms with Crippen molar-refractivity contribution in [1.29, 1.82) is 0 Å². The van der Waals surface area contributed by atoms with E-state index in [1.807, 2.05) is 24.3 Å². The Bertz CT molecular complexity index is 931. The standard InChI is InChI=1S/C20H19F3N4O/c1-28-17-8-3-2-5-14(17)9-11-24-19-25-12-10-18(27-19)26-16-7-4-6-15(13-16)20(21,22)23/h2-8,10,12-13H,9,11H2,1H3,(H2,24,25,26,27). The third-order valence-electron chi connectivity index (χ3n) is 3.99. The molecule has 0 unspecified atom stereocenters. The van der Waals surface area contributed by atoms with E-state index in [9.17, 15) is 13.2 Å². The number of nitrogens with zero attached hydrogens (tertiary/aromatic N) is 2. The first kappa shape index (κ1) is 19.5. The number of hydrogen-bond acceptors (Lipinski definition) is 5. The summed E-state index contributed by atoms with van der Waals surface area (Å²) < 4.78 is 43.8. The molecule has 146 valence electrons. The van der Waals surface area contributed by atoms with Crippen LogP contribution in [0.25, 0.3) is 0 Å². The average molecular weight is 388 g/mol. The van der Waals surface area contributed by atoms with Crippen molar-refractivity contribution in [3.63, 3.8) is 0 Å². The van der Waals surface area contributed by atoms with Gasteiger partial charge in [0.25, 0.3) is 0 Å². The summed E-state index contributed by atoms with van der Waals surface area (Å²) in [6.45, 7) is 0.577. The number of halogens is 3. The minimum absolute atomic E-state index is 0.300. The van der Waals surface area contributed by atoms with Crippen LogP contribution in [0.3, 0.4) is 0 Å². The summed E-state index contributed by atoms with van der Waals surface area (Å²) in [6.07, 6.45) is -2.15. The molecule has 3 aromatic rings. The molecule has 0 saturated carbocycles. The maximum absolute atomic E-state index is 12.8. The van der Waals surface area contributed by atoms with E-state index in [2.05, 4.69) is 20.6 Å². The van der Waals surface area contributed by atoms with Gasteiger partial charge in [-0.05, 0) is 42.3 Å². The number of para-hydroxylation sites is 1. The summed E-state index contributed by atoms with van der Waals surface area (Å²) in [6, 6.07) is 14.3. The maximum atomic E-state index is 12.8. The monoisotopic (exact) mass is 388 g/mol. The summed E-state index contributed by atoms with van der Waals surface area (Å²) >= 11 is 0. The van der Waals surface area contributed by atoms with Gasteiger partial charge in [-0.25, -0.2) is 4.98 Å². The molecule has 1 heterocycles. The predicted molar refractivity (Wildman–Crippen MR) is 102 cm³/mol. The lowest BCUT2D eigenvalue weighted by molar-refractivity contribution is -0.137. The van der Waals surface area contributed by atoms with E-state index < -0.39 is 11.7 Å². The summed E-state index contributed by atoms with van der Waals surface area (Å²) in [5, 5.41) is 5.98. The Hall–Kier alpha value is -3.29. The third-order valence-corrected chi connectivity index (χ3v) is 3.99. The summed E-state index contributed by atoms with van der Waals surface area (Å²) in [5.74, 6) is 1.59. The number of ether oxygens (including phenoxy) is 1. The molecule has 0 aliphatic carbocycles. The summed E-state index contributed by atoms with van der Waals surface area (Å²) in [5.41, 5.74) is 0.631. The van der Waals surface area contributed by atoms with E-state index in [1.54, 1.807) is 19.2 Å². The van der Waals surface area contributed by atoms with Crippen LogP contribution in [-0.2, 0) is 12.6 Å². The Balaban J connectivity index is 1.63. The van der Waals surface area contributed by atoms with Crippen molar-refractivity contribution in [1.82, 2.24) is 9.97 Å². The van der Waals surface area contributed by atoms with Crippen LogP contribution in [0, 0.1) is 0 Å². The number of rotatable bonds is 7. The van der Waals surface area contributed by atoms with E-state index in [1.165, 1.54) is 12.3 Å². The van der Waals surface area contributed by atoms with Crippen LogP contribution in [0.4, 0.5) is 30.6 Å². The Morgan fingerprint density at radius 2 is 1.86 bits per heavy atom. The number of methoxy groups -OCH3 is 1. The number of alkyl halides is 3. The molecule has 0 radical (unpaired) electrons. The fourth-order valence-corrected chi connectivity index (χ4v) is 2.65. The van der Waals surface area contributed by atoms with E-state index in [4.69, 9.17) is 4.74 Å². The fourth-order valence-electron chi connectivity index (χ4n) is 2.65. The minimum atomic E-state index is -4.39. The first-order chi connectivity index (χ1) is 13.5. The average Bonchev–Trinajstić information content (AvgIpc) is 2.68. The molecule has 2 aromatic carbocycles. The Labute approximate surface area is 160 Å². The van der Waals surface area contributed by atoms with Crippen LogP contribution in [0.1, 0.15) is 11.1 Å². The highest BCUT2D eigenvalue weighted by molar-refractivity contribution is 5.58. The SMILES string of the molecule is COc1ccccc1CCNc1nccc(Nc2cccc(C(F)(F)F)c2)n1. The first-order valence-electron chi connectivity index (χ1n) is 8.59. The molecular weight excluding hydrogens is 369 g/mol. The highest BCUT2D eigenvalue weighted by Crippen LogP contribution is 2.31. The molecule has 28 heavy (non-hydrogen) atoms. The van der Waals surface area contributed by atoms with Crippen LogP contribution >= 0.6 is 0 Å². The molecule has 0 spiro atoms. The zero-order chi connectivity index (χ0) is 20.0. The van der Waals surface area contributed by atoms with Gasteiger partial charge in [0.1, 0.15) is 11.6 Å². The van der Waals surface area contributed by atoms with Crippen molar-refractivity contribution in [3.8, 4) is 5.75 Å². The molecule has 1 aromatic heterocycles. The van der Waals surface area contributed by atoms with E-state index in [0.29, 0.717) is 30.4 Å². The topological polar surface area (TPSA) is 59.1 Å². The zero-order valence-corrected chi connectivity index (χ0v) is 15.1. The highest BCUT2D eigenvalue weighted by Gasteiger charge is 2.30. The summed E-state index contributed by atoms with van der Waals surface area (Å²) in [4.78, 5) is 8.43. The van der Waals surface area contributed by atoms with Gasteiger partial charge in [0.15, 0.2) is 0 Å². The van der Waals surface area contributed by atoms with Crippen LogP contribution in [0.2, 0.25) is 0 Å². The van der Waals surface area contributed by atoms with Crippen molar-refractivity contribution < 1.29 is 17.9 Å². The number of nitrogens with one attached hydrogen (secondary N) is 2. The summed E-state index contributed by atoms with van der Waals surface area (Å²) in [7, 11) is 1.62. The van der Waals surface area contributed by atoms with Gasteiger partial charge in [0.2, 0.25) is 5.95 Å². The van der Waals surface area contributed by atoms with Crippen molar-refractivity contribution in [2.45, 2.75) is 12.6 Å². The quantitative estimate of drug-likeness (QED) is 0.603. The number of aromatic nitrogens is 2. The van der Waals surface area contributed by atoms with Gasteiger partial charge in [-0.1, -0.05) is 24.3 Å². The van der Waals surface area contributed by atoms with Crippen molar-refractivity contribution >= 4 is 17.5 Å². The van der Waals surface area contributed by atoms with Crippen LogP contribution in [0.5, 0.6) is 5.75 Å².